The van der Waals surface area contributed by atoms with Gasteiger partial charge in [0.1, 0.15) is 5.82 Å². The van der Waals surface area contributed by atoms with Gasteiger partial charge in [-0.15, -0.1) is 0 Å². The average molecular weight is 464 g/mol. The minimum absolute atomic E-state index is 0.0413. The number of carbonyl (C=O) groups is 2. The van der Waals surface area contributed by atoms with Gasteiger partial charge >= 0.3 is 11.9 Å². The van der Waals surface area contributed by atoms with Crippen molar-refractivity contribution >= 4 is 23.5 Å². The van der Waals surface area contributed by atoms with Crippen LogP contribution in [-0.2, 0) is 11.3 Å². The number of carboxylic acids is 1. The highest BCUT2D eigenvalue weighted by Crippen LogP contribution is 2.26. The second-order valence-electron chi connectivity index (χ2n) is 6.73. The third-order valence-corrected chi connectivity index (χ3v) is 4.66. The standard InChI is InChI=1S/C21H19ClFN3O6/c1-31-19-9-18(32-25-19)20(28)24-26(11-17(27)21(29)30)10-12-2-4-13(5-3-12)15-8-14(22)6-7-16(15)23/h2-9,17,27H,10-11H2,1H3,(H,24,28)(H,29,30)/t17-/m1/s1. The molecule has 168 valence electrons. The van der Waals surface area contributed by atoms with Crippen LogP contribution >= 0.6 is 11.6 Å². The Morgan fingerprint density at radius 2 is 1.97 bits per heavy atom. The molecular weight excluding hydrogens is 445 g/mol. The lowest BCUT2D eigenvalue weighted by molar-refractivity contribution is -0.148. The van der Waals surface area contributed by atoms with Crippen molar-refractivity contribution in [1.82, 2.24) is 15.6 Å². The molecule has 1 atom stereocenters. The molecule has 0 unspecified atom stereocenters. The Morgan fingerprint density at radius 3 is 2.59 bits per heavy atom. The molecular formula is C21H19ClFN3O6. The van der Waals surface area contributed by atoms with Gasteiger partial charge in [-0.3, -0.25) is 10.2 Å². The van der Waals surface area contributed by atoms with Gasteiger partial charge in [0, 0.05) is 17.1 Å². The summed E-state index contributed by atoms with van der Waals surface area (Å²) in [6, 6.07) is 12.2. The lowest BCUT2D eigenvalue weighted by Crippen LogP contribution is -2.47. The van der Waals surface area contributed by atoms with Crippen LogP contribution in [-0.4, -0.2) is 52.0 Å². The molecule has 1 aromatic heterocycles. The van der Waals surface area contributed by atoms with Gasteiger partial charge in [-0.1, -0.05) is 35.9 Å². The van der Waals surface area contributed by atoms with Crippen LogP contribution in [0.25, 0.3) is 11.1 Å². The van der Waals surface area contributed by atoms with Crippen LogP contribution in [0.4, 0.5) is 4.39 Å². The van der Waals surface area contributed by atoms with Gasteiger partial charge in [0.25, 0.3) is 5.88 Å². The molecule has 9 nitrogen and oxygen atoms in total. The third kappa shape index (κ3) is 5.82. The van der Waals surface area contributed by atoms with Crippen LogP contribution < -0.4 is 10.2 Å². The lowest BCUT2D eigenvalue weighted by Gasteiger charge is -2.24. The molecule has 3 aromatic rings. The van der Waals surface area contributed by atoms with Gasteiger partial charge < -0.3 is 19.5 Å². The SMILES string of the molecule is COc1cc(C(=O)NN(Cc2ccc(-c3cc(Cl)ccc3F)cc2)C[C@@H](O)C(=O)O)on1. The molecule has 1 amide bonds. The van der Waals surface area contributed by atoms with Crippen molar-refractivity contribution in [1.29, 1.82) is 0 Å². The summed E-state index contributed by atoms with van der Waals surface area (Å²) >= 11 is 5.95. The van der Waals surface area contributed by atoms with Gasteiger partial charge in [-0.2, -0.15) is 0 Å². The predicted octanol–water partition coefficient (Wildman–Crippen LogP) is 2.74. The monoisotopic (exact) mass is 463 g/mol. The quantitative estimate of drug-likeness (QED) is 0.414. The maximum absolute atomic E-state index is 14.1. The first-order valence-electron chi connectivity index (χ1n) is 9.28. The Kier molecular flexibility index (Phi) is 7.41. The normalized spacial score (nSPS) is 11.9. The summed E-state index contributed by atoms with van der Waals surface area (Å²) in [6.07, 6.45) is -1.75. The first-order valence-corrected chi connectivity index (χ1v) is 9.66. The number of aromatic nitrogens is 1. The molecule has 0 bridgehead atoms. The molecule has 3 rings (SSSR count). The summed E-state index contributed by atoms with van der Waals surface area (Å²) in [5.41, 5.74) is 4.04. The number of aliphatic hydroxyl groups is 1. The highest BCUT2D eigenvalue weighted by molar-refractivity contribution is 6.30. The Bertz CT molecular complexity index is 1110. The Labute approximate surface area is 186 Å². The lowest BCUT2D eigenvalue weighted by atomic mass is 10.0. The van der Waals surface area contributed by atoms with E-state index in [-0.39, 0.29) is 18.2 Å². The molecule has 0 saturated heterocycles. The Hall–Kier alpha value is -3.47. The number of hydrogen-bond donors (Lipinski definition) is 3. The molecule has 0 saturated carbocycles. The van der Waals surface area contributed by atoms with E-state index in [0.717, 1.165) is 0 Å². The van der Waals surface area contributed by atoms with Crippen LogP contribution in [0.3, 0.4) is 0 Å². The Balaban J connectivity index is 1.77. The highest BCUT2D eigenvalue weighted by atomic mass is 35.5. The van der Waals surface area contributed by atoms with Crippen molar-refractivity contribution in [2.24, 2.45) is 0 Å². The van der Waals surface area contributed by atoms with E-state index in [4.69, 9.17) is 26.0 Å². The van der Waals surface area contributed by atoms with E-state index in [1.807, 2.05) is 0 Å². The van der Waals surface area contributed by atoms with E-state index in [0.29, 0.717) is 21.7 Å². The number of aliphatic hydroxyl groups excluding tert-OH is 1. The zero-order valence-corrected chi connectivity index (χ0v) is 17.5. The van der Waals surface area contributed by atoms with E-state index >= 15 is 0 Å². The number of hydrazine groups is 1. The summed E-state index contributed by atoms with van der Waals surface area (Å²) < 4.78 is 23.8. The minimum Gasteiger partial charge on any atom is -0.479 e. The van der Waals surface area contributed by atoms with Crippen molar-refractivity contribution in [2.75, 3.05) is 13.7 Å². The number of nitrogens with zero attached hydrogens (tertiary/aromatic N) is 2. The fourth-order valence-electron chi connectivity index (χ4n) is 2.83. The molecule has 0 aliphatic rings. The van der Waals surface area contributed by atoms with E-state index < -0.39 is 30.3 Å². The topological polar surface area (TPSA) is 125 Å². The molecule has 2 aromatic carbocycles. The summed E-state index contributed by atoms with van der Waals surface area (Å²) in [5, 5.41) is 23.9. The van der Waals surface area contributed by atoms with Crippen LogP contribution in [0.15, 0.2) is 53.1 Å². The number of ether oxygens (including phenoxy) is 1. The van der Waals surface area contributed by atoms with Gasteiger partial charge in [-0.25, -0.2) is 14.2 Å². The van der Waals surface area contributed by atoms with Crippen molar-refractivity contribution in [3.63, 3.8) is 0 Å². The second kappa shape index (κ2) is 10.2. The smallest absolute Gasteiger partial charge is 0.333 e. The minimum atomic E-state index is -1.75. The number of halogens is 2. The Morgan fingerprint density at radius 1 is 1.25 bits per heavy atom. The zero-order chi connectivity index (χ0) is 23.3. The number of nitrogens with one attached hydrogen (secondary N) is 1. The van der Waals surface area contributed by atoms with Crippen LogP contribution in [0.1, 0.15) is 16.1 Å². The largest absolute Gasteiger partial charge is 0.479 e. The number of hydrogen-bond acceptors (Lipinski definition) is 7. The third-order valence-electron chi connectivity index (χ3n) is 4.43. The van der Waals surface area contributed by atoms with Crippen molar-refractivity contribution < 1.29 is 33.5 Å². The van der Waals surface area contributed by atoms with Crippen LogP contribution in [0.5, 0.6) is 5.88 Å². The van der Waals surface area contributed by atoms with E-state index in [9.17, 15) is 19.1 Å². The highest BCUT2D eigenvalue weighted by Gasteiger charge is 2.22. The molecule has 0 aliphatic carbocycles. The molecule has 3 N–H and O–H groups in total. The van der Waals surface area contributed by atoms with E-state index in [1.165, 1.54) is 36.4 Å². The number of rotatable bonds is 9. The molecule has 1 heterocycles. The van der Waals surface area contributed by atoms with Crippen molar-refractivity contribution in [3.05, 3.63) is 70.7 Å². The fraction of sp³-hybridized carbons (Fsp3) is 0.190. The molecule has 32 heavy (non-hydrogen) atoms. The number of carboxylic acid groups (broad SMARTS) is 1. The van der Waals surface area contributed by atoms with Gasteiger partial charge in [-0.05, 0) is 34.5 Å². The number of amides is 1. The molecule has 0 aliphatic heterocycles. The molecule has 0 fully saturated rings. The fourth-order valence-corrected chi connectivity index (χ4v) is 3.00. The molecule has 0 spiro atoms. The van der Waals surface area contributed by atoms with E-state index in [1.54, 1.807) is 24.3 Å². The van der Waals surface area contributed by atoms with Crippen LogP contribution in [0.2, 0.25) is 5.02 Å². The number of carbonyl (C=O) groups excluding carboxylic acids is 1. The summed E-state index contributed by atoms with van der Waals surface area (Å²) in [5.74, 6) is -2.66. The average Bonchev–Trinajstić information content (AvgIpc) is 3.25. The first-order chi connectivity index (χ1) is 15.3. The van der Waals surface area contributed by atoms with Gasteiger partial charge in [0.2, 0.25) is 5.76 Å². The maximum Gasteiger partial charge on any atom is 0.333 e. The van der Waals surface area contributed by atoms with Crippen molar-refractivity contribution in [3.8, 4) is 17.0 Å². The first kappa shape index (κ1) is 23.2. The van der Waals surface area contributed by atoms with E-state index in [2.05, 4.69) is 10.6 Å². The summed E-state index contributed by atoms with van der Waals surface area (Å²) in [7, 11) is 1.36. The zero-order valence-electron chi connectivity index (χ0n) is 16.8. The van der Waals surface area contributed by atoms with Gasteiger partial charge in [0.05, 0.1) is 19.7 Å². The van der Waals surface area contributed by atoms with Crippen LogP contribution in [0, 0.1) is 5.82 Å². The number of benzene rings is 2. The molecule has 11 heteroatoms. The maximum atomic E-state index is 14.1. The number of aliphatic carboxylic acids is 1. The summed E-state index contributed by atoms with van der Waals surface area (Å²) in [4.78, 5) is 23.5. The van der Waals surface area contributed by atoms with Gasteiger partial charge in [0.15, 0.2) is 6.10 Å². The second-order valence-corrected chi connectivity index (χ2v) is 7.17. The predicted molar refractivity (Wildman–Crippen MR) is 111 cm³/mol. The number of methoxy groups -OCH3 is 1. The molecule has 0 radical (unpaired) electrons. The summed E-state index contributed by atoms with van der Waals surface area (Å²) in [6.45, 7) is -0.364. The van der Waals surface area contributed by atoms with Crippen molar-refractivity contribution in [2.45, 2.75) is 12.6 Å².